The van der Waals surface area contributed by atoms with Gasteiger partial charge in [0.1, 0.15) is 18.1 Å². The fourth-order valence-electron chi connectivity index (χ4n) is 2.01. The van der Waals surface area contributed by atoms with E-state index in [1.165, 1.54) is 0 Å². The number of nitrogen functional groups attached to an aromatic ring is 2. The zero-order chi connectivity index (χ0) is 15.5. The molecule has 0 amide bonds. The molecule has 0 radical (unpaired) electrons. The second-order valence-electron chi connectivity index (χ2n) is 4.64. The molecule has 0 unspecified atom stereocenters. The lowest BCUT2D eigenvalue weighted by Gasteiger charge is -2.08. The molecule has 8 heteroatoms. The van der Waals surface area contributed by atoms with Crippen LogP contribution in [-0.2, 0) is 4.74 Å². The standard InChI is InChI=1S/C14H16N6O2/c1-21-4-5-22-14-13(16)17-6-10(18-14)9-2-3-12-19-11(15)8-20(12)7-9/h2-3,6-8H,4-5,15H2,1H3,(H2,16,17). The second-order valence-corrected chi connectivity index (χ2v) is 4.64. The molecule has 114 valence electrons. The van der Waals surface area contributed by atoms with E-state index in [2.05, 4.69) is 15.0 Å². The van der Waals surface area contributed by atoms with Crippen molar-refractivity contribution in [2.75, 3.05) is 31.8 Å². The van der Waals surface area contributed by atoms with Crippen molar-refractivity contribution in [3.8, 4) is 17.1 Å². The monoisotopic (exact) mass is 300 g/mol. The Morgan fingerprint density at radius 2 is 2.00 bits per heavy atom. The first kappa shape index (κ1) is 14.1. The van der Waals surface area contributed by atoms with E-state index in [0.717, 1.165) is 11.2 Å². The van der Waals surface area contributed by atoms with Crippen LogP contribution in [0.4, 0.5) is 11.6 Å². The largest absolute Gasteiger partial charge is 0.473 e. The smallest absolute Gasteiger partial charge is 0.257 e. The minimum atomic E-state index is 0.243. The lowest BCUT2D eigenvalue weighted by molar-refractivity contribution is 0.144. The molecule has 0 aliphatic carbocycles. The van der Waals surface area contributed by atoms with E-state index in [9.17, 15) is 0 Å². The van der Waals surface area contributed by atoms with Gasteiger partial charge in [0.2, 0.25) is 0 Å². The van der Waals surface area contributed by atoms with Crippen molar-refractivity contribution in [3.05, 3.63) is 30.7 Å². The Kier molecular flexibility index (Phi) is 3.75. The maximum Gasteiger partial charge on any atom is 0.257 e. The molecule has 3 rings (SSSR count). The summed E-state index contributed by atoms with van der Waals surface area (Å²) < 4.78 is 12.2. The predicted octanol–water partition coefficient (Wildman–Crippen LogP) is 0.981. The highest BCUT2D eigenvalue weighted by Gasteiger charge is 2.09. The van der Waals surface area contributed by atoms with E-state index in [-0.39, 0.29) is 5.82 Å². The molecule has 0 spiro atoms. The Morgan fingerprint density at radius 1 is 1.14 bits per heavy atom. The number of ether oxygens (including phenoxy) is 2. The van der Waals surface area contributed by atoms with Gasteiger partial charge in [-0.05, 0) is 12.1 Å². The van der Waals surface area contributed by atoms with E-state index in [1.54, 1.807) is 19.5 Å². The molecule has 0 saturated carbocycles. The Hall–Kier alpha value is -2.87. The van der Waals surface area contributed by atoms with E-state index < -0.39 is 0 Å². The van der Waals surface area contributed by atoms with Gasteiger partial charge in [-0.3, -0.25) is 0 Å². The molecule has 4 N–H and O–H groups in total. The Bertz CT molecular complexity index is 801. The number of fused-ring (bicyclic) bond motifs is 1. The first-order valence-corrected chi connectivity index (χ1v) is 6.66. The van der Waals surface area contributed by atoms with Crippen molar-refractivity contribution >= 4 is 17.3 Å². The number of methoxy groups -OCH3 is 1. The SMILES string of the molecule is COCCOc1nc(-c2ccc3nc(N)cn3c2)cnc1N. The van der Waals surface area contributed by atoms with Crippen LogP contribution < -0.4 is 16.2 Å². The highest BCUT2D eigenvalue weighted by molar-refractivity contribution is 5.63. The van der Waals surface area contributed by atoms with Gasteiger partial charge in [-0.2, -0.15) is 0 Å². The zero-order valence-electron chi connectivity index (χ0n) is 12.1. The molecule has 0 saturated heterocycles. The quantitative estimate of drug-likeness (QED) is 0.675. The summed E-state index contributed by atoms with van der Waals surface area (Å²) >= 11 is 0. The maximum absolute atomic E-state index is 5.77. The lowest BCUT2D eigenvalue weighted by atomic mass is 10.2. The number of hydrogen-bond acceptors (Lipinski definition) is 7. The van der Waals surface area contributed by atoms with Crippen LogP contribution in [0.25, 0.3) is 16.9 Å². The van der Waals surface area contributed by atoms with Crippen molar-refractivity contribution in [2.45, 2.75) is 0 Å². The van der Waals surface area contributed by atoms with E-state index in [1.807, 2.05) is 22.7 Å². The van der Waals surface area contributed by atoms with Crippen LogP contribution in [-0.4, -0.2) is 39.7 Å². The second kappa shape index (κ2) is 5.86. The van der Waals surface area contributed by atoms with Crippen LogP contribution in [0.3, 0.4) is 0 Å². The average Bonchev–Trinajstić information content (AvgIpc) is 2.88. The third-order valence-electron chi connectivity index (χ3n) is 3.06. The highest BCUT2D eigenvalue weighted by atomic mass is 16.5. The van der Waals surface area contributed by atoms with Gasteiger partial charge >= 0.3 is 0 Å². The molecule has 0 fully saturated rings. The Morgan fingerprint density at radius 3 is 2.82 bits per heavy atom. The van der Waals surface area contributed by atoms with Crippen LogP contribution in [0.1, 0.15) is 0 Å². The molecule has 0 bridgehead atoms. The number of nitrogens with zero attached hydrogens (tertiary/aromatic N) is 4. The summed E-state index contributed by atoms with van der Waals surface area (Å²) in [5.41, 5.74) is 13.7. The van der Waals surface area contributed by atoms with E-state index in [0.29, 0.717) is 30.6 Å². The fourth-order valence-corrected chi connectivity index (χ4v) is 2.01. The van der Waals surface area contributed by atoms with Crippen LogP contribution in [0.2, 0.25) is 0 Å². The molecule has 0 aromatic carbocycles. The molecular formula is C14H16N6O2. The van der Waals surface area contributed by atoms with Gasteiger partial charge in [-0.1, -0.05) is 0 Å². The van der Waals surface area contributed by atoms with Crippen molar-refractivity contribution in [3.63, 3.8) is 0 Å². The van der Waals surface area contributed by atoms with Gasteiger partial charge in [-0.15, -0.1) is 0 Å². The van der Waals surface area contributed by atoms with Crippen molar-refractivity contribution in [2.24, 2.45) is 0 Å². The van der Waals surface area contributed by atoms with Gasteiger partial charge in [-0.25, -0.2) is 15.0 Å². The molecule has 3 aromatic rings. The summed E-state index contributed by atoms with van der Waals surface area (Å²) in [7, 11) is 1.60. The van der Waals surface area contributed by atoms with E-state index >= 15 is 0 Å². The molecule has 22 heavy (non-hydrogen) atoms. The third kappa shape index (κ3) is 2.77. The van der Waals surface area contributed by atoms with Crippen molar-refractivity contribution in [1.82, 2.24) is 19.4 Å². The van der Waals surface area contributed by atoms with Crippen LogP contribution in [0, 0.1) is 0 Å². The van der Waals surface area contributed by atoms with Gasteiger partial charge in [0.25, 0.3) is 5.88 Å². The van der Waals surface area contributed by atoms with Crippen LogP contribution in [0.5, 0.6) is 5.88 Å². The van der Waals surface area contributed by atoms with Gasteiger partial charge < -0.3 is 25.3 Å². The zero-order valence-corrected chi connectivity index (χ0v) is 12.1. The molecule has 0 aliphatic rings. The highest BCUT2D eigenvalue weighted by Crippen LogP contribution is 2.23. The molecule has 3 aromatic heterocycles. The third-order valence-corrected chi connectivity index (χ3v) is 3.06. The minimum Gasteiger partial charge on any atom is -0.473 e. The van der Waals surface area contributed by atoms with Crippen molar-refractivity contribution < 1.29 is 9.47 Å². The van der Waals surface area contributed by atoms with Crippen molar-refractivity contribution in [1.29, 1.82) is 0 Å². The normalized spacial score (nSPS) is 11.0. The molecule has 0 aliphatic heterocycles. The summed E-state index contributed by atoms with van der Waals surface area (Å²) in [6.45, 7) is 0.807. The molecular weight excluding hydrogens is 284 g/mol. The molecule has 8 nitrogen and oxygen atoms in total. The maximum atomic E-state index is 5.77. The van der Waals surface area contributed by atoms with Crippen LogP contribution in [0.15, 0.2) is 30.7 Å². The number of nitrogens with two attached hydrogens (primary N) is 2. The first-order valence-electron chi connectivity index (χ1n) is 6.66. The summed E-state index contributed by atoms with van der Waals surface area (Å²) in [5, 5.41) is 0. The first-order chi connectivity index (χ1) is 10.7. The number of anilines is 2. The summed E-state index contributed by atoms with van der Waals surface area (Å²) in [5.74, 6) is 0.997. The van der Waals surface area contributed by atoms with Gasteiger partial charge in [0.15, 0.2) is 5.82 Å². The van der Waals surface area contributed by atoms with Gasteiger partial charge in [0, 0.05) is 18.9 Å². The summed E-state index contributed by atoms with van der Waals surface area (Å²) in [6, 6.07) is 3.75. The number of imidazole rings is 1. The Labute approximate surface area is 126 Å². The average molecular weight is 300 g/mol. The fraction of sp³-hybridized carbons (Fsp3) is 0.214. The van der Waals surface area contributed by atoms with Crippen LogP contribution >= 0.6 is 0 Å². The van der Waals surface area contributed by atoms with Gasteiger partial charge in [0.05, 0.1) is 24.7 Å². The Balaban J connectivity index is 1.93. The number of aromatic nitrogens is 4. The molecule has 0 atom stereocenters. The summed E-state index contributed by atoms with van der Waals surface area (Å²) in [6.07, 6.45) is 5.21. The topological polar surface area (TPSA) is 114 Å². The van der Waals surface area contributed by atoms with E-state index in [4.69, 9.17) is 20.9 Å². The number of hydrogen-bond donors (Lipinski definition) is 2. The minimum absolute atomic E-state index is 0.243. The lowest BCUT2D eigenvalue weighted by Crippen LogP contribution is -2.08. The summed E-state index contributed by atoms with van der Waals surface area (Å²) in [4.78, 5) is 12.7. The predicted molar refractivity (Wildman–Crippen MR) is 82.4 cm³/mol. The molecule has 3 heterocycles. The number of rotatable bonds is 5. The number of pyridine rings is 1.